The number of carboxylic acid groups (broad SMARTS) is 1. The highest BCUT2D eigenvalue weighted by molar-refractivity contribution is 9.10. The number of carboxylic acids is 1. The van der Waals surface area contributed by atoms with E-state index in [1.807, 2.05) is 25.1 Å². The van der Waals surface area contributed by atoms with E-state index in [0.29, 0.717) is 11.0 Å². The van der Waals surface area contributed by atoms with Crippen LogP contribution in [0, 0.1) is 6.92 Å². The van der Waals surface area contributed by atoms with Gasteiger partial charge < -0.3 is 10.1 Å². The van der Waals surface area contributed by atoms with Gasteiger partial charge in [0.15, 0.2) is 0 Å². The molecule has 0 atom stereocenters. The van der Waals surface area contributed by atoms with E-state index in [0.717, 1.165) is 15.7 Å². The highest BCUT2D eigenvalue weighted by Crippen LogP contribution is 2.22. The zero-order chi connectivity index (χ0) is 15.1. The summed E-state index contributed by atoms with van der Waals surface area (Å²) in [5.74, 6) is -1.02. The van der Waals surface area contributed by atoms with Crippen LogP contribution in [0.25, 0.3) is 16.7 Å². The van der Waals surface area contributed by atoms with Gasteiger partial charge in [0, 0.05) is 4.47 Å². The first-order valence-electron chi connectivity index (χ1n) is 6.22. The molecule has 0 fully saturated rings. The molecule has 0 amide bonds. The molecule has 0 saturated carbocycles. The molecular weight excluding hydrogens is 336 g/mol. The number of nitrogens with zero attached hydrogens (tertiary/aromatic N) is 1. The number of carbonyl (C=O) groups is 1. The third-order valence-electron chi connectivity index (χ3n) is 3.33. The maximum atomic E-state index is 12.2. The second kappa shape index (κ2) is 4.89. The number of nitrogens with one attached hydrogen (secondary N) is 1. The number of aromatic carboxylic acids is 1. The van der Waals surface area contributed by atoms with Gasteiger partial charge in [-0.05, 0) is 48.9 Å². The van der Waals surface area contributed by atoms with E-state index >= 15 is 0 Å². The molecule has 0 spiro atoms. The Morgan fingerprint density at radius 2 is 2.00 bits per heavy atom. The fourth-order valence-corrected chi connectivity index (χ4v) is 2.52. The van der Waals surface area contributed by atoms with Crippen LogP contribution in [0.15, 0.2) is 45.7 Å². The molecule has 2 aromatic carbocycles. The lowest BCUT2D eigenvalue weighted by atomic mass is 10.2. The number of aromatic amines is 1. The number of hydrogen-bond acceptors (Lipinski definition) is 2. The van der Waals surface area contributed by atoms with Crippen molar-refractivity contribution in [2.45, 2.75) is 6.92 Å². The predicted octanol–water partition coefficient (Wildman–Crippen LogP) is 3.09. The van der Waals surface area contributed by atoms with Crippen LogP contribution in [-0.4, -0.2) is 20.6 Å². The van der Waals surface area contributed by atoms with Crippen LogP contribution >= 0.6 is 15.9 Å². The fraction of sp³-hybridized carbons (Fsp3) is 0.0667. The number of halogens is 1. The van der Waals surface area contributed by atoms with Crippen molar-refractivity contribution < 1.29 is 9.90 Å². The van der Waals surface area contributed by atoms with Crippen LogP contribution < -0.4 is 5.69 Å². The highest BCUT2D eigenvalue weighted by atomic mass is 79.9. The van der Waals surface area contributed by atoms with Crippen molar-refractivity contribution in [3.63, 3.8) is 0 Å². The number of hydrogen-bond donors (Lipinski definition) is 2. The molecule has 5 nitrogen and oxygen atoms in total. The summed E-state index contributed by atoms with van der Waals surface area (Å²) in [6, 6.07) is 10.2. The lowest BCUT2D eigenvalue weighted by Crippen LogP contribution is -2.14. The fourth-order valence-electron chi connectivity index (χ4n) is 2.27. The van der Waals surface area contributed by atoms with Crippen molar-refractivity contribution in [3.8, 4) is 5.69 Å². The van der Waals surface area contributed by atoms with Gasteiger partial charge in [0.25, 0.3) is 0 Å². The number of rotatable bonds is 2. The Balaban J connectivity index is 2.27. The summed E-state index contributed by atoms with van der Waals surface area (Å²) >= 11 is 3.43. The molecule has 3 aromatic rings. The first-order valence-corrected chi connectivity index (χ1v) is 7.01. The van der Waals surface area contributed by atoms with Gasteiger partial charge in [0.05, 0.1) is 22.3 Å². The Morgan fingerprint density at radius 1 is 1.24 bits per heavy atom. The van der Waals surface area contributed by atoms with E-state index < -0.39 is 5.97 Å². The topological polar surface area (TPSA) is 75.1 Å². The van der Waals surface area contributed by atoms with Gasteiger partial charge in [0.1, 0.15) is 0 Å². The third kappa shape index (κ3) is 2.27. The molecule has 1 aromatic heterocycles. The van der Waals surface area contributed by atoms with Gasteiger partial charge in [-0.15, -0.1) is 0 Å². The van der Waals surface area contributed by atoms with Crippen LogP contribution in [0.1, 0.15) is 15.9 Å². The van der Waals surface area contributed by atoms with Crippen molar-refractivity contribution in [2.24, 2.45) is 0 Å². The molecular formula is C15H11BrN2O3. The standard InChI is InChI=1S/C15H11BrN2O3/c1-8-6-10(3-4-11(8)16)18-13-5-2-9(14(19)20)7-12(13)17-15(18)21/h2-7H,1H3,(H,17,21)(H,19,20). The lowest BCUT2D eigenvalue weighted by molar-refractivity contribution is 0.0697. The first kappa shape index (κ1) is 13.6. The molecule has 2 N–H and O–H groups in total. The summed E-state index contributed by atoms with van der Waals surface area (Å²) in [5, 5.41) is 9.00. The predicted molar refractivity (Wildman–Crippen MR) is 83.3 cm³/mol. The molecule has 6 heteroatoms. The van der Waals surface area contributed by atoms with E-state index in [-0.39, 0.29) is 11.3 Å². The number of fused-ring (bicyclic) bond motifs is 1. The van der Waals surface area contributed by atoms with Crippen LogP contribution in [0.5, 0.6) is 0 Å². The van der Waals surface area contributed by atoms with Crippen LogP contribution in [-0.2, 0) is 0 Å². The highest BCUT2D eigenvalue weighted by Gasteiger charge is 2.12. The summed E-state index contributed by atoms with van der Waals surface area (Å²) in [5.41, 5.74) is 2.73. The van der Waals surface area contributed by atoms with E-state index in [9.17, 15) is 9.59 Å². The van der Waals surface area contributed by atoms with Gasteiger partial charge in [-0.3, -0.25) is 4.57 Å². The zero-order valence-corrected chi connectivity index (χ0v) is 12.6. The van der Waals surface area contributed by atoms with E-state index in [2.05, 4.69) is 20.9 Å². The number of imidazole rings is 1. The molecule has 0 unspecified atom stereocenters. The minimum atomic E-state index is -1.02. The van der Waals surface area contributed by atoms with Crippen molar-refractivity contribution in [1.29, 1.82) is 0 Å². The molecule has 0 aliphatic carbocycles. The van der Waals surface area contributed by atoms with Crippen LogP contribution in [0.2, 0.25) is 0 Å². The number of benzene rings is 2. The maximum Gasteiger partial charge on any atom is 0.335 e. The van der Waals surface area contributed by atoms with Gasteiger partial charge in [0.2, 0.25) is 0 Å². The average molecular weight is 347 g/mol. The Hall–Kier alpha value is -2.34. The largest absolute Gasteiger partial charge is 0.478 e. The minimum absolute atomic E-state index is 0.142. The van der Waals surface area contributed by atoms with Crippen molar-refractivity contribution >= 4 is 32.9 Å². The lowest BCUT2D eigenvalue weighted by Gasteiger charge is -2.06. The van der Waals surface area contributed by atoms with Gasteiger partial charge in [-0.25, -0.2) is 9.59 Å². The zero-order valence-electron chi connectivity index (χ0n) is 11.1. The smallest absolute Gasteiger partial charge is 0.335 e. The second-order valence-corrected chi connectivity index (χ2v) is 5.59. The number of aromatic nitrogens is 2. The van der Waals surface area contributed by atoms with Crippen LogP contribution in [0.3, 0.4) is 0 Å². The Labute approximate surface area is 128 Å². The molecule has 1 heterocycles. The summed E-state index contributed by atoms with van der Waals surface area (Å²) in [7, 11) is 0. The van der Waals surface area contributed by atoms with Gasteiger partial charge in [-0.1, -0.05) is 15.9 Å². The Kier molecular flexibility index (Phi) is 3.17. The molecule has 0 aliphatic heterocycles. The third-order valence-corrected chi connectivity index (χ3v) is 4.22. The molecule has 21 heavy (non-hydrogen) atoms. The first-order chi connectivity index (χ1) is 9.97. The summed E-state index contributed by atoms with van der Waals surface area (Å²) in [4.78, 5) is 25.8. The van der Waals surface area contributed by atoms with Gasteiger partial charge >= 0.3 is 11.7 Å². The Bertz CT molecular complexity index is 924. The average Bonchev–Trinajstić information content (AvgIpc) is 2.76. The minimum Gasteiger partial charge on any atom is -0.478 e. The van der Waals surface area contributed by atoms with E-state index in [1.165, 1.54) is 16.7 Å². The SMILES string of the molecule is Cc1cc(-n2c(=O)[nH]c3cc(C(=O)O)ccc32)ccc1Br. The van der Waals surface area contributed by atoms with E-state index in [1.54, 1.807) is 6.07 Å². The van der Waals surface area contributed by atoms with E-state index in [4.69, 9.17) is 5.11 Å². The number of aryl methyl sites for hydroxylation is 1. The molecule has 0 bridgehead atoms. The van der Waals surface area contributed by atoms with Crippen LogP contribution in [0.4, 0.5) is 0 Å². The molecule has 0 radical (unpaired) electrons. The molecule has 106 valence electrons. The molecule has 0 aliphatic rings. The van der Waals surface area contributed by atoms with Crippen molar-refractivity contribution in [2.75, 3.05) is 0 Å². The van der Waals surface area contributed by atoms with Gasteiger partial charge in [-0.2, -0.15) is 0 Å². The summed E-state index contributed by atoms with van der Waals surface area (Å²) in [6.45, 7) is 1.94. The van der Waals surface area contributed by atoms with Crippen molar-refractivity contribution in [3.05, 3.63) is 62.5 Å². The summed E-state index contributed by atoms with van der Waals surface area (Å²) < 4.78 is 2.49. The van der Waals surface area contributed by atoms with Crippen molar-refractivity contribution in [1.82, 2.24) is 9.55 Å². The monoisotopic (exact) mass is 346 g/mol. The Morgan fingerprint density at radius 3 is 2.67 bits per heavy atom. The molecule has 3 rings (SSSR count). The molecule has 0 saturated heterocycles. The maximum absolute atomic E-state index is 12.2. The normalized spacial score (nSPS) is 11.0. The second-order valence-electron chi connectivity index (χ2n) is 4.74. The quantitative estimate of drug-likeness (QED) is 0.748. The summed E-state index contributed by atoms with van der Waals surface area (Å²) in [6.07, 6.45) is 0. The number of H-pyrrole nitrogens is 1.